The molecule has 1 saturated carbocycles. The molecule has 0 bridgehead atoms. The van der Waals surface area contributed by atoms with Gasteiger partial charge in [-0.25, -0.2) is 23.0 Å². The minimum absolute atomic E-state index is 0.00469. The zero-order chi connectivity index (χ0) is 39.2. The van der Waals surface area contributed by atoms with E-state index in [4.69, 9.17) is 18.6 Å². The lowest BCUT2D eigenvalue weighted by atomic mass is 9.99. The lowest BCUT2D eigenvalue weighted by Gasteiger charge is -2.30. The SMILES string of the molecule is CC.CC.CC.CC(C)c1cc(-c2cn3c(-c4ccc5nn(COP(=O)(OC(C)(C)C)OC(C)(C)C)cc5c4F)c(C4CC4)nc3cn2)ccc1F. The summed E-state index contributed by atoms with van der Waals surface area (Å²) in [5.74, 6) is -0.491. The lowest BCUT2D eigenvalue weighted by molar-refractivity contribution is -0.00750. The second-order valence-electron chi connectivity index (χ2n) is 14.2. The van der Waals surface area contributed by atoms with Gasteiger partial charge >= 0.3 is 7.82 Å². The first kappa shape index (κ1) is 42.9. The van der Waals surface area contributed by atoms with Crippen LogP contribution in [0.25, 0.3) is 39.1 Å². The molecule has 5 aromatic rings. The largest absolute Gasteiger partial charge is 0.477 e. The minimum atomic E-state index is -4.00. The second kappa shape index (κ2) is 17.5. The number of phosphoric ester groups is 1. The molecule has 0 saturated heterocycles. The van der Waals surface area contributed by atoms with E-state index in [0.717, 1.165) is 24.1 Å². The van der Waals surface area contributed by atoms with Gasteiger partial charge in [0, 0.05) is 29.4 Å². The molecule has 0 radical (unpaired) electrons. The minimum Gasteiger partial charge on any atom is -0.296 e. The monoisotopic (exact) mass is 741 g/mol. The molecule has 3 aromatic heterocycles. The molecular formula is C40H58F2N5O4P. The van der Waals surface area contributed by atoms with E-state index in [1.54, 1.807) is 65.9 Å². The van der Waals surface area contributed by atoms with Gasteiger partial charge in [0.05, 0.1) is 45.4 Å². The molecule has 1 aliphatic rings. The Morgan fingerprint density at radius 2 is 1.52 bits per heavy atom. The van der Waals surface area contributed by atoms with Crippen molar-refractivity contribution < 1.29 is 26.9 Å². The van der Waals surface area contributed by atoms with E-state index >= 15 is 4.39 Å². The quantitative estimate of drug-likeness (QED) is 0.139. The Labute approximate surface area is 308 Å². The molecule has 2 aromatic carbocycles. The highest BCUT2D eigenvalue weighted by atomic mass is 31.2. The molecule has 0 N–H and O–H groups in total. The lowest BCUT2D eigenvalue weighted by Crippen LogP contribution is -2.25. The summed E-state index contributed by atoms with van der Waals surface area (Å²) in [6.45, 7) is 26.1. The van der Waals surface area contributed by atoms with Crippen LogP contribution in [0.1, 0.15) is 133 Å². The van der Waals surface area contributed by atoms with Gasteiger partial charge in [-0.2, -0.15) is 5.10 Å². The molecule has 0 spiro atoms. The van der Waals surface area contributed by atoms with Crippen LogP contribution in [0.2, 0.25) is 0 Å². The summed E-state index contributed by atoms with van der Waals surface area (Å²) in [7, 11) is -4.00. The molecule has 12 heteroatoms. The second-order valence-corrected chi connectivity index (χ2v) is 15.7. The first-order chi connectivity index (χ1) is 24.5. The molecule has 1 fully saturated rings. The highest BCUT2D eigenvalue weighted by Gasteiger charge is 2.37. The summed E-state index contributed by atoms with van der Waals surface area (Å²) in [5.41, 5.74) is 3.24. The Morgan fingerprint density at radius 3 is 2.08 bits per heavy atom. The predicted molar refractivity (Wildman–Crippen MR) is 208 cm³/mol. The van der Waals surface area contributed by atoms with Crippen LogP contribution in [0.4, 0.5) is 8.78 Å². The third-order valence-electron chi connectivity index (χ3n) is 7.46. The molecule has 286 valence electrons. The van der Waals surface area contributed by atoms with Crippen molar-refractivity contribution in [3.05, 3.63) is 71.8 Å². The Morgan fingerprint density at radius 1 is 0.904 bits per heavy atom. The van der Waals surface area contributed by atoms with Gasteiger partial charge < -0.3 is 0 Å². The van der Waals surface area contributed by atoms with Crippen LogP contribution >= 0.6 is 7.82 Å². The Balaban J connectivity index is 0.00000116. The van der Waals surface area contributed by atoms with Gasteiger partial charge in [0.2, 0.25) is 0 Å². The van der Waals surface area contributed by atoms with E-state index < -0.39 is 24.8 Å². The van der Waals surface area contributed by atoms with E-state index in [-0.39, 0.29) is 29.8 Å². The van der Waals surface area contributed by atoms with Crippen molar-refractivity contribution in [1.82, 2.24) is 24.1 Å². The number of hydrogen-bond donors (Lipinski definition) is 0. The number of imidazole rings is 1. The summed E-state index contributed by atoms with van der Waals surface area (Å²) < 4.78 is 64.8. The van der Waals surface area contributed by atoms with Crippen LogP contribution in [0.15, 0.2) is 48.9 Å². The molecule has 1 aliphatic carbocycles. The van der Waals surface area contributed by atoms with Crippen molar-refractivity contribution in [2.75, 3.05) is 0 Å². The van der Waals surface area contributed by atoms with Crippen molar-refractivity contribution in [2.24, 2.45) is 0 Å². The van der Waals surface area contributed by atoms with Crippen LogP contribution in [0.5, 0.6) is 0 Å². The van der Waals surface area contributed by atoms with Gasteiger partial charge in [0.15, 0.2) is 12.4 Å². The van der Waals surface area contributed by atoms with Crippen LogP contribution in [-0.4, -0.2) is 35.4 Å². The molecular weight excluding hydrogens is 683 g/mol. The van der Waals surface area contributed by atoms with Gasteiger partial charge in [0.25, 0.3) is 0 Å². The standard InChI is InChI=1S/C34H40F2N5O4P.3C2H6/c1-20(2)24-15-22(11-13-26(24)35)28-18-41-29(16-37-28)38-31(21-9-10-21)32(41)23-12-14-27-25(30(23)36)17-40(39-27)19-43-46(42,44-33(3,4)5)45-34(6,7)8;3*1-2/h11-18,20-21H,9-10,19H2,1-8H3;3*1-2H3. The van der Waals surface area contributed by atoms with Crippen LogP contribution in [0.3, 0.4) is 0 Å². The molecule has 0 aliphatic heterocycles. The maximum atomic E-state index is 16.5. The number of halogens is 2. The fourth-order valence-corrected chi connectivity index (χ4v) is 7.15. The number of nitrogens with zero attached hydrogens (tertiary/aromatic N) is 5. The summed E-state index contributed by atoms with van der Waals surface area (Å²) >= 11 is 0. The van der Waals surface area contributed by atoms with Gasteiger partial charge in [-0.05, 0) is 96.2 Å². The van der Waals surface area contributed by atoms with Crippen LogP contribution in [-0.2, 0) is 24.9 Å². The number of rotatable bonds is 9. The molecule has 3 heterocycles. The van der Waals surface area contributed by atoms with Crippen LogP contribution < -0.4 is 0 Å². The smallest absolute Gasteiger partial charge is 0.296 e. The third kappa shape index (κ3) is 10.3. The van der Waals surface area contributed by atoms with Gasteiger partial charge in [0.1, 0.15) is 11.6 Å². The highest BCUT2D eigenvalue weighted by molar-refractivity contribution is 7.48. The van der Waals surface area contributed by atoms with Gasteiger partial charge in [-0.1, -0.05) is 55.4 Å². The average molecular weight is 742 g/mol. The summed E-state index contributed by atoms with van der Waals surface area (Å²) in [4.78, 5) is 9.49. The van der Waals surface area contributed by atoms with Crippen LogP contribution in [0, 0.1) is 11.6 Å². The number of aromatic nitrogens is 5. The Bertz CT molecular complexity index is 1970. The fourth-order valence-electron chi connectivity index (χ4n) is 5.41. The fraction of sp³-hybridized carbons (Fsp3) is 0.525. The molecule has 0 amide bonds. The molecule has 0 atom stereocenters. The van der Waals surface area contributed by atoms with Crippen molar-refractivity contribution in [2.45, 2.75) is 140 Å². The molecule has 52 heavy (non-hydrogen) atoms. The maximum Gasteiger partial charge on any atom is 0.477 e. The molecule has 0 unspecified atom stereocenters. The van der Waals surface area contributed by atoms with Crippen molar-refractivity contribution in [1.29, 1.82) is 0 Å². The maximum absolute atomic E-state index is 16.5. The summed E-state index contributed by atoms with van der Waals surface area (Å²) in [6.07, 6.45) is 6.97. The first-order valence-corrected chi connectivity index (χ1v) is 20.0. The highest BCUT2D eigenvalue weighted by Crippen LogP contribution is 2.55. The first-order valence-electron chi connectivity index (χ1n) is 18.5. The predicted octanol–water partition coefficient (Wildman–Crippen LogP) is 12.5. The van der Waals surface area contributed by atoms with E-state index in [1.165, 1.54) is 16.9 Å². The number of phosphoric acid groups is 1. The Hall–Kier alpha value is -3.50. The molecule has 6 rings (SSSR count). The molecule has 9 nitrogen and oxygen atoms in total. The number of benzene rings is 2. The van der Waals surface area contributed by atoms with Crippen molar-refractivity contribution in [3.63, 3.8) is 0 Å². The van der Waals surface area contributed by atoms with Crippen molar-refractivity contribution >= 4 is 24.4 Å². The third-order valence-corrected chi connectivity index (χ3v) is 9.43. The van der Waals surface area contributed by atoms with E-state index in [0.29, 0.717) is 33.7 Å². The Kier molecular flexibility index (Phi) is 14.5. The zero-order valence-corrected chi connectivity index (χ0v) is 34.4. The van der Waals surface area contributed by atoms with E-state index in [2.05, 4.69) is 10.1 Å². The normalized spacial score (nSPS) is 13.3. The van der Waals surface area contributed by atoms with Gasteiger partial charge in [-0.3, -0.25) is 23.0 Å². The number of fused-ring (bicyclic) bond motifs is 2. The van der Waals surface area contributed by atoms with Crippen molar-refractivity contribution in [3.8, 4) is 22.5 Å². The van der Waals surface area contributed by atoms with E-state index in [1.807, 2.05) is 72.1 Å². The zero-order valence-electron chi connectivity index (χ0n) is 33.5. The number of hydrogen-bond acceptors (Lipinski definition) is 7. The van der Waals surface area contributed by atoms with E-state index in [9.17, 15) is 8.96 Å². The topological polar surface area (TPSA) is 92.8 Å². The van der Waals surface area contributed by atoms with Gasteiger partial charge in [-0.15, -0.1) is 0 Å². The summed E-state index contributed by atoms with van der Waals surface area (Å²) in [6, 6.07) is 8.42. The summed E-state index contributed by atoms with van der Waals surface area (Å²) in [5, 5.41) is 4.74. The average Bonchev–Trinajstić information content (AvgIpc) is 3.73.